The highest BCUT2D eigenvalue weighted by atomic mass is 35.5. The van der Waals surface area contributed by atoms with Crippen molar-refractivity contribution in [2.45, 2.75) is 32.2 Å². The fraction of sp³-hybridized carbons (Fsp3) is 0.333. The van der Waals surface area contributed by atoms with Crippen LogP contribution < -0.4 is 26.9 Å². The van der Waals surface area contributed by atoms with Crippen LogP contribution in [0.1, 0.15) is 39.4 Å². The summed E-state index contributed by atoms with van der Waals surface area (Å²) in [6.07, 6.45) is 0.955. The van der Waals surface area contributed by atoms with Crippen molar-refractivity contribution in [3.8, 4) is 5.75 Å². The van der Waals surface area contributed by atoms with Gasteiger partial charge in [-0.1, -0.05) is 35.4 Å². The number of piperidine rings is 1. The first-order valence-corrected chi connectivity index (χ1v) is 12.5. The third-order valence-corrected chi connectivity index (χ3v) is 7.41. The first-order chi connectivity index (χ1) is 17.3. The molecule has 0 saturated carbocycles. The second-order valence-electron chi connectivity index (χ2n) is 10.1. The van der Waals surface area contributed by atoms with Crippen LogP contribution in [0.2, 0.25) is 0 Å². The number of benzene rings is 3. The Kier molecular flexibility index (Phi) is 7.90. The molecular formula is C30H33ClN3O3-. The number of rotatable bonds is 5. The Morgan fingerprint density at radius 3 is 2.35 bits per heavy atom. The number of hydrogen-bond donors (Lipinski definition) is 0. The lowest BCUT2D eigenvalue weighted by atomic mass is 9.89. The zero-order chi connectivity index (χ0) is 25.4. The molecule has 3 aromatic carbocycles. The minimum atomic E-state index is -0.0746. The van der Waals surface area contributed by atoms with Crippen molar-refractivity contribution in [1.29, 1.82) is 0 Å². The minimum absolute atomic E-state index is 0. The predicted molar refractivity (Wildman–Crippen MR) is 143 cm³/mol. The number of carbonyl (C=O) groups excluding carboxylic acids is 2. The molecule has 7 heteroatoms. The zero-order valence-corrected chi connectivity index (χ0v) is 22.5. The van der Waals surface area contributed by atoms with E-state index in [2.05, 4.69) is 37.1 Å². The summed E-state index contributed by atoms with van der Waals surface area (Å²) in [6.45, 7) is 6.02. The van der Waals surface area contributed by atoms with E-state index in [0.29, 0.717) is 17.2 Å². The molecule has 5 rings (SSSR count). The summed E-state index contributed by atoms with van der Waals surface area (Å²) in [6, 6.07) is 21.4. The molecule has 2 aliphatic rings. The molecule has 0 aromatic heterocycles. The second-order valence-corrected chi connectivity index (χ2v) is 10.1. The summed E-state index contributed by atoms with van der Waals surface area (Å²) in [5.74, 6) is 0.845. The third kappa shape index (κ3) is 5.36. The van der Waals surface area contributed by atoms with Gasteiger partial charge in [-0.3, -0.25) is 9.59 Å². The molecule has 3 aromatic rings. The molecule has 2 aliphatic heterocycles. The normalized spacial score (nSPS) is 18.4. The van der Waals surface area contributed by atoms with Gasteiger partial charge in [0.1, 0.15) is 5.75 Å². The van der Waals surface area contributed by atoms with Crippen LogP contribution in [-0.2, 0) is 4.79 Å². The molecule has 2 heterocycles. The number of likely N-dealkylation sites (tertiary alicyclic amines) is 1. The zero-order valence-electron chi connectivity index (χ0n) is 21.8. The van der Waals surface area contributed by atoms with E-state index in [-0.39, 0.29) is 36.9 Å². The molecule has 194 valence electrons. The Bertz CT molecular complexity index is 1280. The van der Waals surface area contributed by atoms with Crippen LogP contribution in [0.4, 0.5) is 11.4 Å². The van der Waals surface area contributed by atoms with Crippen molar-refractivity contribution in [2.24, 2.45) is 0 Å². The maximum atomic E-state index is 13.4. The lowest BCUT2D eigenvalue weighted by Gasteiger charge is -2.36. The molecule has 0 radical (unpaired) electrons. The van der Waals surface area contributed by atoms with Crippen LogP contribution in [0.5, 0.6) is 5.75 Å². The molecular weight excluding hydrogens is 486 g/mol. The van der Waals surface area contributed by atoms with Gasteiger partial charge in [-0.05, 0) is 81.9 Å². The molecule has 37 heavy (non-hydrogen) atoms. The summed E-state index contributed by atoms with van der Waals surface area (Å²) in [4.78, 5) is 32.1. The molecule has 1 fully saturated rings. The first kappa shape index (κ1) is 26.7. The summed E-state index contributed by atoms with van der Waals surface area (Å²) < 4.78 is 5.91. The molecule has 0 bridgehead atoms. The van der Waals surface area contributed by atoms with Crippen molar-refractivity contribution in [2.75, 3.05) is 43.6 Å². The van der Waals surface area contributed by atoms with E-state index in [4.69, 9.17) is 4.74 Å². The van der Waals surface area contributed by atoms with Crippen LogP contribution in [0.15, 0.2) is 66.7 Å². The summed E-state index contributed by atoms with van der Waals surface area (Å²) >= 11 is 0. The fourth-order valence-electron chi connectivity index (χ4n) is 5.39. The highest BCUT2D eigenvalue weighted by molar-refractivity contribution is 6.05. The summed E-state index contributed by atoms with van der Waals surface area (Å²) in [7, 11) is 3.90. The Hall–Kier alpha value is -3.35. The van der Waals surface area contributed by atoms with E-state index in [1.54, 1.807) is 24.1 Å². The summed E-state index contributed by atoms with van der Waals surface area (Å²) in [5.41, 5.74) is 6.03. The highest BCUT2D eigenvalue weighted by Gasteiger charge is 2.43. The Balaban J connectivity index is 0.00000320. The van der Waals surface area contributed by atoms with Crippen molar-refractivity contribution in [3.05, 3.63) is 89.0 Å². The van der Waals surface area contributed by atoms with Crippen LogP contribution in [0.25, 0.3) is 0 Å². The van der Waals surface area contributed by atoms with Gasteiger partial charge in [0.05, 0.1) is 0 Å². The monoisotopic (exact) mass is 518 g/mol. The van der Waals surface area contributed by atoms with Gasteiger partial charge < -0.3 is 31.8 Å². The number of ether oxygens (including phenoxy) is 1. The van der Waals surface area contributed by atoms with Crippen LogP contribution in [0.3, 0.4) is 0 Å². The maximum absolute atomic E-state index is 13.4. The third-order valence-electron chi connectivity index (χ3n) is 7.41. The average molecular weight is 519 g/mol. The SMILES string of the molecule is Cc1ccc(C(=O)N(C)c2ccc(OCC(=O)N3c4ccc(C)cc4C4CN(C)CCC43)cc2)cc1.[Cl-]. The van der Waals surface area contributed by atoms with Gasteiger partial charge in [0.15, 0.2) is 6.61 Å². The van der Waals surface area contributed by atoms with Gasteiger partial charge >= 0.3 is 0 Å². The van der Waals surface area contributed by atoms with Crippen LogP contribution in [0, 0.1) is 13.8 Å². The van der Waals surface area contributed by atoms with Crippen LogP contribution in [-0.4, -0.2) is 56.5 Å². The number of anilines is 2. The van der Waals surface area contributed by atoms with E-state index in [1.165, 1.54) is 11.1 Å². The number of nitrogens with zero attached hydrogens (tertiary/aromatic N) is 3. The lowest BCUT2D eigenvalue weighted by molar-refractivity contribution is -0.121. The van der Waals surface area contributed by atoms with Gasteiger partial charge in [-0.25, -0.2) is 0 Å². The number of aryl methyl sites for hydroxylation is 2. The van der Waals surface area contributed by atoms with E-state index >= 15 is 0 Å². The molecule has 2 unspecified atom stereocenters. The molecule has 6 nitrogen and oxygen atoms in total. The average Bonchev–Trinajstić information content (AvgIpc) is 3.20. The van der Waals surface area contributed by atoms with Gasteiger partial charge in [0.2, 0.25) is 0 Å². The molecule has 0 N–H and O–H groups in total. The second kappa shape index (κ2) is 11.0. The van der Waals surface area contributed by atoms with Crippen LogP contribution >= 0.6 is 0 Å². The predicted octanol–water partition coefficient (Wildman–Crippen LogP) is 1.80. The fourth-order valence-corrected chi connectivity index (χ4v) is 5.39. The van der Waals surface area contributed by atoms with E-state index < -0.39 is 0 Å². The van der Waals surface area contributed by atoms with Gasteiger partial charge in [-0.2, -0.15) is 0 Å². The number of halogens is 1. The number of amides is 2. The van der Waals surface area contributed by atoms with Crippen molar-refractivity contribution >= 4 is 23.2 Å². The highest BCUT2D eigenvalue weighted by Crippen LogP contribution is 2.45. The van der Waals surface area contributed by atoms with E-state index in [9.17, 15) is 9.59 Å². The number of likely N-dealkylation sites (N-methyl/N-ethyl adjacent to an activating group) is 1. The quantitative estimate of drug-likeness (QED) is 0.517. The number of carbonyl (C=O) groups is 2. The Labute approximate surface area is 225 Å². The lowest BCUT2D eigenvalue weighted by Crippen LogP contribution is -3.00. The van der Waals surface area contributed by atoms with Crippen molar-refractivity contribution in [1.82, 2.24) is 4.90 Å². The topological polar surface area (TPSA) is 53.1 Å². The standard InChI is InChI=1S/C30H33N3O3.ClH/c1-20-5-8-22(9-6-20)30(35)32(4)23-10-12-24(13-11-23)36-19-29(34)33-27-14-7-21(2)17-25(27)26-18-31(3)16-15-28(26)33;/h5-14,17,26,28H,15-16,18-19H2,1-4H3;1H/p-1. The Morgan fingerprint density at radius 1 is 0.973 bits per heavy atom. The molecule has 1 saturated heterocycles. The molecule has 0 spiro atoms. The summed E-state index contributed by atoms with van der Waals surface area (Å²) in [5, 5.41) is 0. The van der Waals surface area contributed by atoms with E-state index in [0.717, 1.165) is 36.4 Å². The van der Waals surface area contributed by atoms with Crippen molar-refractivity contribution in [3.63, 3.8) is 0 Å². The van der Waals surface area contributed by atoms with Gasteiger partial charge in [0.25, 0.3) is 11.8 Å². The smallest absolute Gasteiger partial charge is 0.265 e. The molecule has 0 aliphatic carbocycles. The van der Waals surface area contributed by atoms with E-state index in [1.807, 2.05) is 48.2 Å². The largest absolute Gasteiger partial charge is 1.00 e. The van der Waals surface area contributed by atoms with Crippen molar-refractivity contribution < 1.29 is 26.7 Å². The molecule has 2 amide bonds. The number of fused-ring (bicyclic) bond motifs is 3. The number of hydrogen-bond acceptors (Lipinski definition) is 4. The molecule has 2 atom stereocenters. The first-order valence-electron chi connectivity index (χ1n) is 12.5. The van der Waals surface area contributed by atoms with Gasteiger partial charge in [0, 0.05) is 42.5 Å². The Morgan fingerprint density at radius 2 is 1.65 bits per heavy atom. The van der Waals surface area contributed by atoms with Gasteiger partial charge in [-0.15, -0.1) is 0 Å². The maximum Gasteiger partial charge on any atom is 0.265 e. The minimum Gasteiger partial charge on any atom is -1.00 e.